The van der Waals surface area contributed by atoms with Crippen LogP contribution in [0, 0.1) is 6.92 Å². The van der Waals surface area contributed by atoms with Crippen LogP contribution in [0.3, 0.4) is 0 Å². The molecule has 1 saturated heterocycles. The number of phenolic OH excluding ortho intramolecular Hbond substituents is 1. The van der Waals surface area contributed by atoms with Crippen LogP contribution in [0.2, 0.25) is 0 Å². The molecule has 0 aliphatic carbocycles. The molecule has 240 valence electrons. The maximum atomic E-state index is 13.7. The van der Waals surface area contributed by atoms with Crippen LogP contribution in [0.1, 0.15) is 49.1 Å². The molecule has 46 heavy (non-hydrogen) atoms. The summed E-state index contributed by atoms with van der Waals surface area (Å²) in [6.45, 7) is 5.31. The molecule has 0 unspecified atom stereocenters. The summed E-state index contributed by atoms with van der Waals surface area (Å²) < 4.78 is 24.5. The number of rotatable bonds is 0. The van der Waals surface area contributed by atoms with Gasteiger partial charge in [0.15, 0.2) is 11.0 Å². The van der Waals surface area contributed by atoms with Crippen LogP contribution in [0.5, 0.6) is 11.5 Å². The van der Waals surface area contributed by atoms with E-state index in [1.54, 1.807) is 47.7 Å². The number of aromatic nitrogens is 2. The van der Waals surface area contributed by atoms with Crippen LogP contribution in [0.15, 0.2) is 45.7 Å². The molecule has 4 atom stereocenters. The lowest BCUT2D eigenvalue weighted by atomic mass is 9.86. The van der Waals surface area contributed by atoms with Crippen molar-refractivity contribution in [2.75, 3.05) is 17.2 Å². The summed E-state index contributed by atoms with van der Waals surface area (Å²) in [7, 11) is 3.26. The maximum Gasteiger partial charge on any atom is 0.341 e. The van der Waals surface area contributed by atoms with Crippen molar-refractivity contribution >= 4 is 50.2 Å². The number of pyridine rings is 2. The second-order valence-corrected chi connectivity index (χ2v) is 15.0. The molecular weight excluding hydrogens is 629 g/mol. The van der Waals surface area contributed by atoms with Crippen LogP contribution >= 0.6 is 21.6 Å². The fraction of sp³-hybridized carbons (Fsp3) is 0.394. The third-order valence-corrected chi connectivity index (χ3v) is 11.4. The summed E-state index contributed by atoms with van der Waals surface area (Å²) in [6, 6.07) is 8.70. The second kappa shape index (κ2) is 11.4. The number of aromatic hydroxyl groups is 1. The highest BCUT2D eigenvalue weighted by atomic mass is 33.1. The SMILES string of the molecule is Cc1cc(=O)c2c(O)c3c(cc2o1)O[C@@]1(C)CCSSCc2c(ccnc2N)-c2cc(cc(N)n2)CC[C@H]2O[C@]2(C)C(=O)O[C@@H]1C3. The first-order valence-corrected chi connectivity index (χ1v) is 17.6. The highest BCUT2D eigenvalue weighted by Crippen LogP contribution is 2.47. The van der Waals surface area contributed by atoms with Crippen molar-refractivity contribution in [1.29, 1.82) is 0 Å². The normalized spacial score (nSPS) is 26.3. The molecular formula is C33H34N4O7S2. The third-order valence-electron chi connectivity index (χ3n) is 9.13. The first kappa shape index (κ1) is 30.7. The van der Waals surface area contributed by atoms with Gasteiger partial charge in [0.05, 0.1) is 11.8 Å². The number of carbonyl (C=O) groups is 1. The van der Waals surface area contributed by atoms with Gasteiger partial charge in [0.1, 0.15) is 51.6 Å². The molecule has 0 spiro atoms. The smallest absolute Gasteiger partial charge is 0.341 e. The van der Waals surface area contributed by atoms with E-state index in [2.05, 4.69) is 9.97 Å². The van der Waals surface area contributed by atoms with Gasteiger partial charge < -0.3 is 35.2 Å². The number of fused-ring (bicyclic) bond motifs is 8. The predicted molar refractivity (Wildman–Crippen MR) is 178 cm³/mol. The number of hydrogen-bond acceptors (Lipinski definition) is 13. The molecule has 0 amide bonds. The first-order valence-electron chi connectivity index (χ1n) is 15.1. The lowest BCUT2D eigenvalue weighted by Gasteiger charge is -2.42. The number of aryl methyl sites for hydroxylation is 2. The summed E-state index contributed by atoms with van der Waals surface area (Å²) in [4.78, 5) is 35.4. The fourth-order valence-electron chi connectivity index (χ4n) is 6.34. The number of nitrogens with two attached hydrogens (primary N) is 2. The Balaban J connectivity index is 1.23. The zero-order valence-electron chi connectivity index (χ0n) is 25.6. The van der Waals surface area contributed by atoms with Gasteiger partial charge in [-0.25, -0.2) is 14.8 Å². The number of carbonyl (C=O) groups excluding carboxylic acids is 1. The Bertz CT molecular complexity index is 1950. The van der Waals surface area contributed by atoms with Crippen molar-refractivity contribution < 1.29 is 28.5 Å². The van der Waals surface area contributed by atoms with E-state index in [0.717, 1.165) is 22.4 Å². The number of hydrogen-bond donors (Lipinski definition) is 3. The number of nitrogens with zero attached hydrogens (tertiary/aromatic N) is 2. The van der Waals surface area contributed by atoms with E-state index in [-0.39, 0.29) is 34.7 Å². The lowest BCUT2D eigenvalue weighted by Crippen LogP contribution is -2.52. The second-order valence-electron chi connectivity index (χ2n) is 12.4. The summed E-state index contributed by atoms with van der Waals surface area (Å²) in [5.74, 6) is 2.15. The van der Waals surface area contributed by atoms with Gasteiger partial charge in [-0.1, -0.05) is 21.6 Å². The molecule has 0 radical (unpaired) electrons. The molecule has 3 aliphatic heterocycles. The molecule has 13 heteroatoms. The monoisotopic (exact) mass is 662 g/mol. The van der Waals surface area contributed by atoms with Gasteiger partial charge in [-0.3, -0.25) is 4.79 Å². The molecule has 7 rings (SSSR count). The minimum atomic E-state index is -1.13. The molecule has 4 aromatic rings. The van der Waals surface area contributed by atoms with E-state index in [4.69, 9.17) is 30.1 Å². The lowest BCUT2D eigenvalue weighted by molar-refractivity contribution is -0.168. The summed E-state index contributed by atoms with van der Waals surface area (Å²) in [6.07, 6.45) is 2.38. The van der Waals surface area contributed by atoms with Crippen molar-refractivity contribution in [2.24, 2.45) is 0 Å². The van der Waals surface area contributed by atoms with Gasteiger partial charge in [-0.05, 0) is 57.4 Å². The summed E-state index contributed by atoms with van der Waals surface area (Å²) >= 11 is 0. The van der Waals surface area contributed by atoms with Crippen molar-refractivity contribution in [1.82, 2.24) is 9.97 Å². The Hall–Kier alpha value is -3.94. The largest absolute Gasteiger partial charge is 0.507 e. The van der Waals surface area contributed by atoms with Gasteiger partial charge in [-0.2, -0.15) is 0 Å². The van der Waals surface area contributed by atoms with Gasteiger partial charge in [0, 0.05) is 59.4 Å². The molecule has 11 nitrogen and oxygen atoms in total. The minimum Gasteiger partial charge on any atom is -0.507 e. The first-order chi connectivity index (χ1) is 21.9. The number of epoxide rings is 1. The Morgan fingerprint density at radius 2 is 1.89 bits per heavy atom. The van der Waals surface area contributed by atoms with Crippen molar-refractivity contribution in [3.8, 4) is 22.8 Å². The number of phenols is 1. The molecule has 3 aliphatic rings. The third kappa shape index (κ3) is 5.43. The Kier molecular flexibility index (Phi) is 7.60. The standard InChI is InChI=1S/C33H34N4O7S2/c1-16-10-22(38)28-24(41-16)14-23-19(29(28)39)13-26-32(2,43-23)7-9-45-46-15-20-18(6-8-36-30(20)35)21-11-17(12-27(34)37-21)4-5-25-33(3,44-25)31(40)42-26/h6,8,10-12,14,25-26,39H,4-5,7,9,13,15H2,1-3H3,(H2,34,37)(H2,35,36)/t25-,26-,32+,33+/m1/s1. The highest BCUT2D eigenvalue weighted by Gasteiger charge is 2.60. The average molecular weight is 663 g/mol. The summed E-state index contributed by atoms with van der Waals surface area (Å²) in [5.41, 5.74) is 14.2. The molecule has 2 bridgehead atoms. The fourth-order valence-corrected chi connectivity index (χ4v) is 8.66. The van der Waals surface area contributed by atoms with Gasteiger partial charge in [-0.15, -0.1) is 0 Å². The van der Waals surface area contributed by atoms with Crippen LogP contribution < -0.4 is 21.6 Å². The van der Waals surface area contributed by atoms with Crippen LogP contribution in [-0.2, 0) is 32.9 Å². The number of nitrogen functional groups attached to an aromatic ring is 2. The Morgan fingerprint density at radius 1 is 1.07 bits per heavy atom. The van der Waals surface area contributed by atoms with Crippen molar-refractivity contribution in [3.05, 3.63) is 69.2 Å². The van der Waals surface area contributed by atoms with E-state index in [1.165, 1.54) is 6.07 Å². The minimum absolute atomic E-state index is 0.0709. The van der Waals surface area contributed by atoms with Crippen molar-refractivity contribution in [2.45, 2.75) is 75.6 Å². The number of esters is 1. The van der Waals surface area contributed by atoms with E-state index in [0.29, 0.717) is 59.5 Å². The Morgan fingerprint density at radius 3 is 2.72 bits per heavy atom. The van der Waals surface area contributed by atoms with Crippen LogP contribution in [0.4, 0.5) is 11.6 Å². The van der Waals surface area contributed by atoms with E-state index in [1.807, 2.05) is 25.1 Å². The number of benzene rings is 1. The Labute approximate surface area is 272 Å². The quantitative estimate of drug-likeness (QED) is 0.129. The maximum absolute atomic E-state index is 13.7. The molecule has 1 fully saturated rings. The molecule has 0 saturated carbocycles. The van der Waals surface area contributed by atoms with E-state index in [9.17, 15) is 14.7 Å². The predicted octanol–water partition coefficient (Wildman–Crippen LogP) is 5.11. The average Bonchev–Trinajstić information content (AvgIpc) is 3.67. The van der Waals surface area contributed by atoms with Gasteiger partial charge in [0.25, 0.3) is 0 Å². The van der Waals surface area contributed by atoms with Crippen molar-refractivity contribution in [3.63, 3.8) is 0 Å². The number of ether oxygens (including phenoxy) is 3. The molecule has 1 aromatic carbocycles. The van der Waals surface area contributed by atoms with E-state index >= 15 is 0 Å². The number of anilines is 2. The molecule has 3 aromatic heterocycles. The zero-order valence-corrected chi connectivity index (χ0v) is 27.3. The van der Waals surface area contributed by atoms with Crippen LogP contribution in [-0.4, -0.2) is 50.2 Å². The molecule has 5 N–H and O–H groups in total. The van der Waals surface area contributed by atoms with Gasteiger partial charge in [0.2, 0.25) is 0 Å². The molecule has 6 heterocycles. The summed E-state index contributed by atoms with van der Waals surface area (Å²) in [5, 5.41) is 11.3. The van der Waals surface area contributed by atoms with Crippen LogP contribution in [0.25, 0.3) is 22.2 Å². The topological polar surface area (TPSA) is 176 Å². The zero-order chi connectivity index (χ0) is 32.4. The van der Waals surface area contributed by atoms with E-state index < -0.39 is 23.3 Å². The highest BCUT2D eigenvalue weighted by molar-refractivity contribution is 8.76. The van der Waals surface area contributed by atoms with Gasteiger partial charge >= 0.3 is 5.97 Å².